The molecule has 0 amide bonds. The molecule has 5 heteroatoms. The van der Waals surface area contributed by atoms with Gasteiger partial charge in [-0.25, -0.2) is 0 Å². The van der Waals surface area contributed by atoms with Crippen LogP contribution in [0.5, 0.6) is 0 Å². The van der Waals surface area contributed by atoms with E-state index in [4.69, 9.17) is 0 Å². The summed E-state index contributed by atoms with van der Waals surface area (Å²) in [4.78, 5) is 6.47. The Hall–Kier alpha value is -0.970. The molecule has 1 heterocycles. The standard InChI is InChI=1S/C14H25BrN4/c1-14(2,3)10-17-13(16-4)19(6)9-12-7-11(15)8-18(12)5/h7-8H,9-10H2,1-6H3,(H,16,17). The van der Waals surface area contributed by atoms with Crippen LogP contribution in [0.25, 0.3) is 0 Å². The normalized spacial score (nSPS) is 12.7. The fraction of sp³-hybridized carbons (Fsp3) is 0.643. The minimum Gasteiger partial charge on any atom is -0.356 e. The van der Waals surface area contributed by atoms with Crippen molar-refractivity contribution in [2.75, 3.05) is 20.6 Å². The third-order valence-corrected chi connectivity index (χ3v) is 3.26. The summed E-state index contributed by atoms with van der Waals surface area (Å²) in [5.41, 5.74) is 1.48. The van der Waals surface area contributed by atoms with E-state index >= 15 is 0 Å². The molecule has 0 bridgehead atoms. The molecule has 0 atom stereocenters. The Kier molecular flexibility index (Phi) is 5.47. The highest BCUT2D eigenvalue weighted by molar-refractivity contribution is 9.10. The summed E-state index contributed by atoms with van der Waals surface area (Å²) in [6, 6.07) is 2.13. The van der Waals surface area contributed by atoms with E-state index in [9.17, 15) is 0 Å². The number of guanidine groups is 1. The highest BCUT2D eigenvalue weighted by atomic mass is 79.9. The third-order valence-electron chi connectivity index (χ3n) is 2.82. The van der Waals surface area contributed by atoms with Crippen LogP contribution in [0.15, 0.2) is 21.7 Å². The zero-order valence-corrected chi connectivity index (χ0v) is 14.4. The fourth-order valence-corrected chi connectivity index (χ4v) is 2.34. The molecule has 0 radical (unpaired) electrons. The first-order valence-corrected chi connectivity index (χ1v) is 7.25. The number of hydrogen-bond donors (Lipinski definition) is 1. The lowest BCUT2D eigenvalue weighted by Crippen LogP contribution is -2.42. The van der Waals surface area contributed by atoms with Gasteiger partial charge in [-0.05, 0) is 27.4 Å². The van der Waals surface area contributed by atoms with Crippen LogP contribution in [0.4, 0.5) is 0 Å². The molecule has 0 spiro atoms. The molecule has 4 nitrogen and oxygen atoms in total. The molecule has 1 N–H and O–H groups in total. The van der Waals surface area contributed by atoms with Gasteiger partial charge in [0.1, 0.15) is 0 Å². The maximum atomic E-state index is 4.33. The first kappa shape index (κ1) is 16.1. The number of nitrogens with zero attached hydrogens (tertiary/aromatic N) is 3. The van der Waals surface area contributed by atoms with Gasteiger partial charge in [-0.3, -0.25) is 4.99 Å². The quantitative estimate of drug-likeness (QED) is 0.683. The van der Waals surface area contributed by atoms with Crippen LogP contribution in [-0.2, 0) is 13.6 Å². The van der Waals surface area contributed by atoms with Crippen molar-refractivity contribution in [2.45, 2.75) is 27.3 Å². The van der Waals surface area contributed by atoms with Crippen LogP contribution in [0, 0.1) is 5.41 Å². The predicted molar refractivity (Wildman–Crippen MR) is 85.4 cm³/mol. The van der Waals surface area contributed by atoms with Gasteiger partial charge in [0.05, 0.1) is 6.54 Å². The molecule has 1 aromatic heterocycles. The summed E-state index contributed by atoms with van der Waals surface area (Å²) in [7, 11) is 5.93. The monoisotopic (exact) mass is 328 g/mol. The molecular weight excluding hydrogens is 304 g/mol. The summed E-state index contributed by atoms with van der Waals surface area (Å²) >= 11 is 3.50. The van der Waals surface area contributed by atoms with Crippen LogP contribution in [0.1, 0.15) is 26.5 Å². The zero-order valence-electron chi connectivity index (χ0n) is 12.8. The lowest BCUT2D eigenvalue weighted by Gasteiger charge is -2.26. The van der Waals surface area contributed by atoms with E-state index in [0.29, 0.717) is 0 Å². The minimum atomic E-state index is 0.241. The zero-order chi connectivity index (χ0) is 14.6. The number of aliphatic imine (C=N–C) groups is 1. The van der Waals surface area contributed by atoms with Crippen LogP contribution < -0.4 is 5.32 Å². The van der Waals surface area contributed by atoms with Crippen molar-refractivity contribution in [3.05, 3.63) is 22.4 Å². The Morgan fingerprint density at radius 1 is 1.47 bits per heavy atom. The van der Waals surface area contributed by atoms with Gasteiger partial charge in [0.25, 0.3) is 0 Å². The molecule has 1 aromatic rings. The SMILES string of the molecule is CN=C(NCC(C)(C)C)N(C)Cc1cc(Br)cn1C. The molecule has 0 saturated carbocycles. The second-order valence-corrected chi connectivity index (χ2v) is 6.99. The smallest absolute Gasteiger partial charge is 0.193 e. The van der Waals surface area contributed by atoms with E-state index in [2.05, 4.69) is 82.8 Å². The summed E-state index contributed by atoms with van der Waals surface area (Å²) < 4.78 is 3.23. The van der Waals surface area contributed by atoms with Gasteiger partial charge >= 0.3 is 0 Å². The van der Waals surface area contributed by atoms with Gasteiger partial charge < -0.3 is 14.8 Å². The number of rotatable bonds is 3. The van der Waals surface area contributed by atoms with E-state index in [-0.39, 0.29) is 5.41 Å². The first-order valence-electron chi connectivity index (χ1n) is 6.45. The highest BCUT2D eigenvalue weighted by Crippen LogP contribution is 2.15. The van der Waals surface area contributed by atoms with Crippen molar-refractivity contribution in [1.29, 1.82) is 0 Å². The molecule has 0 aliphatic carbocycles. The summed E-state index contributed by atoms with van der Waals surface area (Å²) in [5, 5.41) is 3.41. The Balaban J connectivity index is 2.65. The maximum Gasteiger partial charge on any atom is 0.193 e. The average molecular weight is 329 g/mol. The Morgan fingerprint density at radius 2 is 2.11 bits per heavy atom. The lowest BCUT2D eigenvalue weighted by atomic mass is 9.97. The van der Waals surface area contributed by atoms with E-state index in [1.165, 1.54) is 5.69 Å². The second kappa shape index (κ2) is 6.46. The fourth-order valence-electron chi connectivity index (χ4n) is 1.77. The Morgan fingerprint density at radius 3 is 2.53 bits per heavy atom. The van der Waals surface area contributed by atoms with Gasteiger partial charge in [0.15, 0.2) is 5.96 Å². The number of aryl methyl sites for hydroxylation is 1. The summed E-state index contributed by atoms with van der Waals surface area (Å²) in [6.07, 6.45) is 2.06. The van der Waals surface area contributed by atoms with Crippen molar-refractivity contribution in [3.63, 3.8) is 0 Å². The van der Waals surface area contributed by atoms with Gasteiger partial charge in [-0.2, -0.15) is 0 Å². The first-order chi connectivity index (χ1) is 8.73. The maximum absolute atomic E-state index is 4.33. The van der Waals surface area contributed by atoms with Gasteiger partial charge in [0, 0.05) is 44.1 Å². The third kappa shape index (κ3) is 5.27. The number of nitrogens with one attached hydrogen (secondary N) is 1. The average Bonchev–Trinajstić information content (AvgIpc) is 2.56. The van der Waals surface area contributed by atoms with Gasteiger partial charge in [0.2, 0.25) is 0 Å². The molecule has 1 rings (SSSR count). The predicted octanol–water partition coefficient (Wildman–Crippen LogP) is 2.84. The number of aromatic nitrogens is 1. The molecule has 108 valence electrons. The lowest BCUT2D eigenvalue weighted by molar-refractivity contribution is 0.387. The van der Waals surface area contributed by atoms with Gasteiger partial charge in [-0.15, -0.1) is 0 Å². The Labute approximate surface area is 125 Å². The van der Waals surface area contributed by atoms with Gasteiger partial charge in [-0.1, -0.05) is 20.8 Å². The number of halogens is 1. The van der Waals surface area contributed by atoms with Crippen molar-refractivity contribution < 1.29 is 0 Å². The van der Waals surface area contributed by atoms with E-state index in [0.717, 1.165) is 23.5 Å². The molecule has 19 heavy (non-hydrogen) atoms. The van der Waals surface area contributed by atoms with Crippen molar-refractivity contribution in [2.24, 2.45) is 17.5 Å². The largest absolute Gasteiger partial charge is 0.356 e. The van der Waals surface area contributed by atoms with Crippen molar-refractivity contribution in [1.82, 2.24) is 14.8 Å². The van der Waals surface area contributed by atoms with Crippen LogP contribution >= 0.6 is 15.9 Å². The topological polar surface area (TPSA) is 32.6 Å². The van der Waals surface area contributed by atoms with E-state index in [1.807, 2.05) is 7.05 Å². The molecule has 0 unspecified atom stereocenters. The van der Waals surface area contributed by atoms with Crippen LogP contribution in [-0.4, -0.2) is 36.1 Å². The summed E-state index contributed by atoms with van der Waals surface area (Å²) in [6.45, 7) is 8.36. The van der Waals surface area contributed by atoms with Crippen molar-refractivity contribution in [3.8, 4) is 0 Å². The molecule has 0 aliphatic heterocycles. The second-order valence-electron chi connectivity index (χ2n) is 6.08. The minimum absolute atomic E-state index is 0.241. The Bertz CT molecular complexity index is 443. The summed E-state index contributed by atoms with van der Waals surface area (Å²) in [5.74, 6) is 0.923. The molecule has 0 aromatic carbocycles. The molecular formula is C14H25BrN4. The van der Waals surface area contributed by atoms with Crippen molar-refractivity contribution >= 4 is 21.9 Å². The molecule has 0 saturated heterocycles. The number of hydrogen-bond acceptors (Lipinski definition) is 1. The molecule has 0 aliphatic rings. The van der Waals surface area contributed by atoms with Crippen LogP contribution in [0.3, 0.4) is 0 Å². The molecule has 0 fully saturated rings. The highest BCUT2D eigenvalue weighted by Gasteiger charge is 2.14. The van der Waals surface area contributed by atoms with E-state index < -0.39 is 0 Å². The van der Waals surface area contributed by atoms with E-state index in [1.54, 1.807) is 0 Å². The van der Waals surface area contributed by atoms with Crippen LogP contribution in [0.2, 0.25) is 0 Å².